The van der Waals surface area contributed by atoms with E-state index < -0.39 is 10.9 Å². The SMILES string of the molecule is O=C(O)C=Cc1ccc(Sc2ccc(Br)cc2)c([N+](=O)[O-])c1. The van der Waals surface area contributed by atoms with Crippen LogP contribution in [0.2, 0.25) is 0 Å². The van der Waals surface area contributed by atoms with Crippen molar-refractivity contribution in [3.8, 4) is 0 Å². The second-order valence-electron chi connectivity index (χ2n) is 4.21. The number of nitrogens with zero attached hydrogens (tertiary/aromatic N) is 1. The van der Waals surface area contributed by atoms with Gasteiger partial charge in [0.2, 0.25) is 0 Å². The number of halogens is 1. The lowest BCUT2D eigenvalue weighted by molar-refractivity contribution is -0.387. The molecule has 0 aliphatic rings. The number of hydrogen-bond acceptors (Lipinski definition) is 4. The van der Waals surface area contributed by atoms with Crippen LogP contribution in [-0.4, -0.2) is 16.0 Å². The molecule has 7 heteroatoms. The number of carbonyl (C=O) groups is 1. The molecule has 1 N–H and O–H groups in total. The molecule has 0 aromatic heterocycles. The van der Waals surface area contributed by atoms with Crippen LogP contribution in [0, 0.1) is 10.1 Å². The minimum Gasteiger partial charge on any atom is -0.478 e. The zero-order valence-electron chi connectivity index (χ0n) is 11.1. The van der Waals surface area contributed by atoms with E-state index in [9.17, 15) is 14.9 Å². The molecule has 0 heterocycles. The van der Waals surface area contributed by atoms with E-state index in [0.29, 0.717) is 10.5 Å². The average Bonchev–Trinajstić information content (AvgIpc) is 2.48. The molecule has 0 atom stereocenters. The van der Waals surface area contributed by atoms with Gasteiger partial charge in [0.05, 0.1) is 9.82 Å². The van der Waals surface area contributed by atoms with Gasteiger partial charge in [0.25, 0.3) is 5.69 Å². The number of carboxylic acid groups (broad SMARTS) is 1. The van der Waals surface area contributed by atoms with Crippen molar-refractivity contribution in [1.29, 1.82) is 0 Å². The van der Waals surface area contributed by atoms with E-state index in [2.05, 4.69) is 15.9 Å². The molecule has 0 spiro atoms. The Kier molecular flexibility index (Phi) is 5.35. The number of benzene rings is 2. The van der Waals surface area contributed by atoms with Crippen molar-refractivity contribution in [2.45, 2.75) is 9.79 Å². The predicted molar refractivity (Wildman–Crippen MR) is 88.0 cm³/mol. The molecule has 5 nitrogen and oxygen atoms in total. The molecular formula is C15H10BrNO4S. The van der Waals surface area contributed by atoms with Gasteiger partial charge < -0.3 is 5.11 Å². The first kappa shape index (κ1) is 16.3. The van der Waals surface area contributed by atoms with Crippen LogP contribution in [0.5, 0.6) is 0 Å². The largest absolute Gasteiger partial charge is 0.478 e. The summed E-state index contributed by atoms with van der Waals surface area (Å²) < 4.78 is 0.931. The van der Waals surface area contributed by atoms with Crippen molar-refractivity contribution in [3.63, 3.8) is 0 Å². The first-order valence-corrected chi connectivity index (χ1v) is 7.69. The molecule has 0 aliphatic carbocycles. The highest BCUT2D eigenvalue weighted by Gasteiger charge is 2.15. The average molecular weight is 380 g/mol. The third kappa shape index (κ3) is 4.44. The number of carboxylic acids is 1. The summed E-state index contributed by atoms with van der Waals surface area (Å²) in [7, 11) is 0. The summed E-state index contributed by atoms with van der Waals surface area (Å²) >= 11 is 4.62. The van der Waals surface area contributed by atoms with Gasteiger partial charge in [0.15, 0.2) is 0 Å². The Hall–Kier alpha value is -2.12. The van der Waals surface area contributed by atoms with Crippen LogP contribution in [0.25, 0.3) is 6.08 Å². The van der Waals surface area contributed by atoms with Crippen molar-refractivity contribution in [2.75, 3.05) is 0 Å². The number of aliphatic carboxylic acids is 1. The maximum atomic E-state index is 11.2. The number of rotatable bonds is 5. The molecule has 0 saturated heterocycles. The summed E-state index contributed by atoms with van der Waals surface area (Å²) in [5, 5.41) is 19.8. The lowest BCUT2D eigenvalue weighted by atomic mass is 10.2. The van der Waals surface area contributed by atoms with Crippen LogP contribution < -0.4 is 0 Å². The van der Waals surface area contributed by atoms with E-state index in [0.717, 1.165) is 15.4 Å². The summed E-state index contributed by atoms with van der Waals surface area (Å²) in [5.41, 5.74) is 0.412. The monoisotopic (exact) mass is 379 g/mol. The summed E-state index contributed by atoms with van der Waals surface area (Å²) in [6.45, 7) is 0. The minimum atomic E-state index is -1.10. The minimum absolute atomic E-state index is 0.0551. The molecule has 2 aromatic rings. The fourth-order valence-electron chi connectivity index (χ4n) is 1.66. The van der Waals surface area contributed by atoms with Crippen LogP contribution in [0.15, 0.2) is 62.8 Å². The van der Waals surface area contributed by atoms with E-state index >= 15 is 0 Å². The highest BCUT2D eigenvalue weighted by Crippen LogP contribution is 2.36. The van der Waals surface area contributed by atoms with Gasteiger partial charge in [-0.3, -0.25) is 10.1 Å². The maximum absolute atomic E-state index is 11.2. The van der Waals surface area contributed by atoms with E-state index in [-0.39, 0.29) is 5.69 Å². The normalized spacial score (nSPS) is 10.8. The smallest absolute Gasteiger partial charge is 0.328 e. The maximum Gasteiger partial charge on any atom is 0.328 e. The highest BCUT2D eigenvalue weighted by molar-refractivity contribution is 9.10. The first-order valence-electron chi connectivity index (χ1n) is 6.08. The van der Waals surface area contributed by atoms with Crippen molar-refractivity contribution in [2.24, 2.45) is 0 Å². The van der Waals surface area contributed by atoms with Gasteiger partial charge in [-0.1, -0.05) is 33.8 Å². The summed E-state index contributed by atoms with van der Waals surface area (Å²) in [6, 6.07) is 12.1. The third-order valence-electron chi connectivity index (χ3n) is 2.64. The number of nitro groups is 1. The zero-order valence-corrected chi connectivity index (χ0v) is 13.5. The molecule has 0 radical (unpaired) electrons. The Morgan fingerprint density at radius 1 is 1.23 bits per heavy atom. The molecule has 0 fully saturated rings. The first-order chi connectivity index (χ1) is 10.5. The highest BCUT2D eigenvalue weighted by atomic mass is 79.9. The number of hydrogen-bond donors (Lipinski definition) is 1. The third-order valence-corrected chi connectivity index (χ3v) is 4.24. The molecule has 0 bridgehead atoms. The van der Waals surface area contributed by atoms with Crippen molar-refractivity contribution >= 4 is 45.4 Å². The van der Waals surface area contributed by atoms with Gasteiger partial charge in [-0.25, -0.2) is 4.79 Å². The lowest BCUT2D eigenvalue weighted by Crippen LogP contribution is -1.92. The Bertz CT molecular complexity index is 744. The van der Waals surface area contributed by atoms with Crippen molar-refractivity contribution < 1.29 is 14.8 Å². The van der Waals surface area contributed by atoms with Gasteiger partial charge in [-0.15, -0.1) is 0 Å². The predicted octanol–water partition coefficient (Wildman–Crippen LogP) is 4.61. The van der Waals surface area contributed by atoms with E-state index in [1.807, 2.05) is 24.3 Å². The standard InChI is InChI=1S/C15H10BrNO4S/c16-11-3-5-12(6-4-11)22-14-7-1-10(2-8-15(18)19)9-13(14)17(20)21/h1-9H,(H,18,19). The lowest BCUT2D eigenvalue weighted by Gasteiger charge is -2.04. The van der Waals surface area contributed by atoms with E-state index in [1.54, 1.807) is 12.1 Å². The Morgan fingerprint density at radius 3 is 2.50 bits per heavy atom. The van der Waals surface area contributed by atoms with Crippen LogP contribution >= 0.6 is 27.7 Å². The zero-order chi connectivity index (χ0) is 16.1. The second-order valence-corrected chi connectivity index (χ2v) is 6.24. The van der Waals surface area contributed by atoms with Gasteiger partial charge in [0, 0.05) is 21.5 Å². The van der Waals surface area contributed by atoms with Gasteiger partial charge in [-0.05, 0) is 42.0 Å². The molecule has 0 aliphatic heterocycles. The fraction of sp³-hybridized carbons (Fsp3) is 0. The van der Waals surface area contributed by atoms with Gasteiger partial charge in [-0.2, -0.15) is 0 Å². The van der Waals surface area contributed by atoms with E-state index in [4.69, 9.17) is 5.11 Å². The van der Waals surface area contributed by atoms with Crippen molar-refractivity contribution in [3.05, 3.63) is 68.7 Å². The fourth-order valence-corrected chi connectivity index (χ4v) is 2.83. The summed E-state index contributed by atoms with van der Waals surface area (Å²) in [6.07, 6.45) is 2.27. The molecule has 0 saturated carbocycles. The van der Waals surface area contributed by atoms with Crippen LogP contribution in [0.3, 0.4) is 0 Å². The van der Waals surface area contributed by atoms with E-state index in [1.165, 1.54) is 23.9 Å². The molecule has 22 heavy (non-hydrogen) atoms. The molecule has 0 amide bonds. The number of nitro benzene ring substituents is 1. The molecule has 112 valence electrons. The second kappa shape index (κ2) is 7.24. The Balaban J connectivity index is 2.32. The van der Waals surface area contributed by atoms with Crippen LogP contribution in [-0.2, 0) is 4.79 Å². The molecule has 2 rings (SSSR count). The topological polar surface area (TPSA) is 80.4 Å². The molecule has 0 unspecified atom stereocenters. The molecular weight excluding hydrogens is 370 g/mol. The molecule has 2 aromatic carbocycles. The quantitative estimate of drug-likeness (QED) is 0.466. The summed E-state index contributed by atoms with van der Waals surface area (Å²) in [5.74, 6) is -1.10. The van der Waals surface area contributed by atoms with Crippen LogP contribution in [0.4, 0.5) is 5.69 Å². The van der Waals surface area contributed by atoms with Gasteiger partial charge >= 0.3 is 5.97 Å². The van der Waals surface area contributed by atoms with Gasteiger partial charge in [0.1, 0.15) is 0 Å². The van der Waals surface area contributed by atoms with Crippen LogP contribution in [0.1, 0.15) is 5.56 Å². The summed E-state index contributed by atoms with van der Waals surface area (Å²) in [4.78, 5) is 22.6. The Labute approximate surface area is 138 Å². The van der Waals surface area contributed by atoms with Crippen molar-refractivity contribution in [1.82, 2.24) is 0 Å². The Morgan fingerprint density at radius 2 is 1.91 bits per heavy atom.